The SMILES string of the molecule is O=C(CNc1cccc(F)c1)NCCc1ccc(OC(F)F)cc1. The van der Waals surface area contributed by atoms with E-state index in [0.717, 1.165) is 5.56 Å². The number of hydrogen-bond donors (Lipinski definition) is 2. The Balaban J connectivity index is 1.68. The van der Waals surface area contributed by atoms with Gasteiger partial charge in [0.25, 0.3) is 0 Å². The molecule has 128 valence electrons. The molecule has 4 nitrogen and oxygen atoms in total. The van der Waals surface area contributed by atoms with Crippen LogP contribution in [0, 0.1) is 5.82 Å². The summed E-state index contributed by atoms with van der Waals surface area (Å²) < 4.78 is 41.3. The minimum atomic E-state index is -2.85. The molecule has 0 heterocycles. The molecular weight excluding hydrogens is 321 g/mol. The van der Waals surface area contributed by atoms with Gasteiger partial charge in [-0.2, -0.15) is 8.78 Å². The van der Waals surface area contributed by atoms with Gasteiger partial charge in [0.2, 0.25) is 5.91 Å². The van der Waals surface area contributed by atoms with E-state index in [4.69, 9.17) is 0 Å². The number of ether oxygens (including phenoxy) is 1. The average Bonchev–Trinajstić information content (AvgIpc) is 2.54. The van der Waals surface area contributed by atoms with E-state index in [9.17, 15) is 18.0 Å². The lowest BCUT2D eigenvalue weighted by Gasteiger charge is -2.09. The summed E-state index contributed by atoms with van der Waals surface area (Å²) >= 11 is 0. The highest BCUT2D eigenvalue weighted by molar-refractivity contribution is 5.80. The molecule has 0 aliphatic carbocycles. The fraction of sp³-hybridized carbons (Fsp3) is 0.235. The second-order valence-corrected chi connectivity index (χ2v) is 4.99. The van der Waals surface area contributed by atoms with Crippen LogP contribution < -0.4 is 15.4 Å². The highest BCUT2D eigenvalue weighted by Crippen LogP contribution is 2.15. The first kappa shape index (κ1) is 17.7. The van der Waals surface area contributed by atoms with Crippen LogP contribution in [0.15, 0.2) is 48.5 Å². The molecule has 2 rings (SSSR count). The van der Waals surface area contributed by atoms with Crippen LogP contribution in [0.3, 0.4) is 0 Å². The number of amides is 1. The molecule has 0 spiro atoms. The zero-order valence-corrected chi connectivity index (χ0v) is 12.8. The molecule has 0 aliphatic heterocycles. The van der Waals surface area contributed by atoms with Crippen molar-refractivity contribution in [1.29, 1.82) is 0 Å². The minimum Gasteiger partial charge on any atom is -0.435 e. The highest BCUT2D eigenvalue weighted by Gasteiger charge is 2.04. The van der Waals surface area contributed by atoms with E-state index in [2.05, 4.69) is 15.4 Å². The third-order valence-corrected chi connectivity index (χ3v) is 3.16. The zero-order chi connectivity index (χ0) is 17.4. The number of anilines is 1. The Kier molecular flexibility index (Phi) is 6.48. The lowest BCUT2D eigenvalue weighted by molar-refractivity contribution is -0.119. The van der Waals surface area contributed by atoms with E-state index in [1.807, 2.05) is 0 Å². The third-order valence-electron chi connectivity index (χ3n) is 3.16. The summed E-state index contributed by atoms with van der Waals surface area (Å²) in [7, 11) is 0. The van der Waals surface area contributed by atoms with E-state index in [-0.39, 0.29) is 24.0 Å². The molecule has 0 unspecified atom stereocenters. The van der Waals surface area contributed by atoms with Crippen LogP contribution in [0.1, 0.15) is 5.56 Å². The van der Waals surface area contributed by atoms with Crippen LogP contribution in [0.5, 0.6) is 5.75 Å². The molecule has 24 heavy (non-hydrogen) atoms. The molecule has 0 fully saturated rings. The fourth-order valence-electron chi connectivity index (χ4n) is 2.03. The summed E-state index contributed by atoms with van der Waals surface area (Å²) in [5, 5.41) is 5.54. The Morgan fingerprint density at radius 2 is 1.88 bits per heavy atom. The van der Waals surface area contributed by atoms with Crippen molar-refractivity contribution in [3.8, 4) is 5.75 Å². The molecule has 0 aromatic heterocycles. The van der Waals surface area contributed by atoms with E-state index in [1.165, 1.54) is 24.3 Å². The Hall–Kier alpha value is -2.70. The topological polar surface area (TPSA) is 50.4 Å². The van der Waals surface area contributed by atoms with Crippen molar-refractivity contribution in [3.05, 3.63) is 59.9 Å². The number of hydrogen-bond acceptors (Lipinski definition) is 3. The lowest BCUT2D eigenvalue weighted by atomic mass is 10.1. The number of nitrogens with one attached hydrogen (secondary N) is 2. The van der Waals surface area contributed by atoms with Gasteiger partial charge in [0.05, 0.1) is 6.54 Å². The van der Waals surface area contributed by atoms with Gasteiger partial charge in [-0.3, -0.25) is 4.79 Å². The summed E-state index contributed by atoms with van der Waals surface area (Å²) in [6.45, 7) is -2.41. The number of halogens is 3. The van der Waals surface area contributed by atoms with Crippen molar-refractivity contribution in [3.63, 3.8) is 0 Å². The van der Waals surface area contributed by atoms with E-state index >= 15 is 0 Å². The molecule has 0 atom stereocenters. The molecule has 0 saturated heterocycles. The van der Waals surface area contributed by atoms with Crippen LogP contribution in [0.2, 0.25) is 0 Å². The maximum atomic E-state index is 13.0. The molecule has 1 amide bonds. The van der Waals surface area contributed by atoms with Crippen molar-refractivity contribution in [2.24, 2.45) is 0 Å². The van der Waals surface area contributed by atoms with Gasteiger partial charge in [-0.1, -0.05) is 18.2 Å². The van der Waals surface area contributed by atoms with Gasteiger partial charge >= 0.3 is 6.61 Å². The fourth-order valence-corrected chi connectivity index (χ4v) is 2.03. The highest BCUT2D eigenvalue weighted by atomic mass is 19.3. The predicted molar refractivity (Wildman–Crippen MR) is 84.7 cm³/mol. The van der Waals surface area contributed by atoms with E-state index in [1.54, 1.807) is 24.3 Å². The second-order valence-electron chi connectivity index (χ2n) is 4.99. The zero-order valence-electron chi connectivity index (χ0n) is 12.8. The van der Waals surface area contributed by atoms with Crippen LogP contribution in [-0.4, -0.2) is 25.6 Å². The molecule has 0 radical (unpaired) electrons. The predicted octanol–water partition coefficient (Wildman–Crippen LogP) is 3.20. The molecule has 0 bridgehead atoms. The summed E-state index contributed by atoms with van der Waals surface area (Å²) in [4.78, 5) is 11.7. The van der Waals surface area contributed by atoms with Gasteiger partial charge in [0.1, 0.15) is 11.6 Å². The number of benzene rings is 2. The van der Waals surface area contributed by atoms with Gasteiger partial charge in [0.15, 0.2) is 0 Å². The molecule has 2 aromatic rings. The van der Waals surface area contributed by atoms with Crippen LogP contribution in [-0.2, 0) is 11.2 Å². The van der Waals surface area contributed by atoms with Crippen LogP contribution >= 0.6 is 0 Å². The molecule has 0 saturated carbocycles. The Labute approximate surface area is 137 Å². The molecule has 7 heteroatoms. The summed E-state index contributed by atoms with van der Waals surface area (Å²) in [6, 6.07) is 12.1. The standard InChI is InChI=1S/C17H17F3N2O2/c18-13-2-1-3-14(10-13)22-11-16(23)21-9-8-12-4-6-15(7-5-12)24-17(19)20/h1-7,10,17,22H,8-9,11H2,(H,21,23). The Morgan fingerprint density at radius 3 is 2.54 bits per heavy atom. The van der Waals surface area contributed by atoms with Gasteiger partial charge in [-0.25, -0.2) is 4.39 Å². The smallest absolute Gasteiger partial charge is 0.387 e. The lowest BCUT2D eigenvalue weighted by Crippen LogP contribution is -2.31. The first-order valence-electron chi connectivity index (χ1n) is 7.33. The van der Waals surface area contributed by atoms with Gasteiger partial charge < -0.3 is 15.4 Å². The van der Waals surface area contributed by atoms with Crippen molar-refractivity contribution >= 4 is 11.6 Å². The maximum Gasteiger partial charge on any atom is 0.387 e. The number of carbonyl (C=O) groups excluding carboxylic acids is 1. The van der Waals surface area contributed by atoms with E-state index in [0.29, 0.717) is 18.7 Å². The Bertz CT molecular complexity index is 663. The van der Waals surface area contributed by atoms with E-state index < -0.39 is 6.61 Å². The normalized spacial score (nSPS) is 10.5. The first-order chi connectivity index (χ1) is 11.5. The van der Waals surface area contributed by atoms with Gasteiger partial charge in [0, 0.05) is 12.2 Å². The van der Waals surface area contributed by atoms with Crippen molar-refractivity contribution in [2.45, 2.75) is 13.0 Å². The van der Waals surface area contributed by atoms with Crippen molar-refractivity contribution < 1.29 is 22.7 Å². The Morgan fingerprint density at radius 1 is 1.12 bits per heavy atom. The third kappa shape index (κ3) is 6.20. The summed E-state index contributed by atoms with van der Waals surface area (Å²) in [5.41, 5.74) is 1.41. The maximum absolute atomic E-state index is 13.0. The largest absolute Gasteiger partial charge is 0.435 e. The summed E-state index contributed by atoms with van der Waals surface area (Å²) in [6.07, 6.45) is 0.556. The first-order valence-corrected chi connectivity index (χ1v) is 7.33. The minimum absolute atomic E-state index is 0.0324. The summed E-state index contributed by atoms with van der Waals surface area (Å²) in [5.74, 6) is -0.506. The van der Waals surface area contributed by atoms with Gasteiger partial charge in [-0.15, -0.1) is 0 Å². The monoisotopic (exact) mass is 338 g/mol. The molecule has 2 N–H and O–H groups in total. The molecule has 2 aromatic carbocycles. The van der Waals surface area contributed by atoms with Crippen LogP contribution in [0.25, 0.3) is 0 Å². The quantitative estimate of drug-likeness (QED) is 0.777. The van der Waals surface area contributed by atoms with Crippen molar-refractivity contribution in [1.82, 2.24) is 5.32 Å². The molecule has 0 aliphatic rings. The second kappa shape index (κ2) is 8.81. The van der Waals surface area contributed by atoms with Crippen LogP contribution in [0.4, 0.5) is 18.9 Å². The average molecular weight is 338 g/mol. The van der Waals surface area contributed by atoms with Gasteiger partial charge in [-0.05, 0) is 42.3 Å². The number of alkyl halides is 2. The molecular formula is C17H17F3N2O2. The number of rotatable bonds is 8. The van der Waals surface area contributed by atoms with Crippen molar-refractivity contribution in [2.75, 3.05) is 18.4 Å². The number of carbonyl (C=O) groups is 1.